The van der Waals surface area contributed by atoms with Crippen molar-refractivity contribution in [3.05, 3.63) is 21.9 Å². The highest BCUT2D eigenvalue weighted by atomic mass is 32.1. The van der Waals surface area contributed by atoms with Crippen LogP contribution in [0.4, 0.5) is 0 Å². The quantitative estimate of drug-likeness (QED) is 0.839. The molecule has 0 aliphatic heterocycles. The van der Waals surface area contributed by atoms with Crippen LogP contribution >= 0.6 is 11.3 Å². The molecule has 0 aromatic carbocycles. The molecule has 1 aliphatic carbocycles. The van der Waals surface area contributed by atoms with Crippen LogP contribution in [0.5, 0.6) is 0 Å². The van der Waals surface area contributed by atoms with E-state index in [0.29, 0.717) is 18.1 Å². The zero-order valence-corrected chi connectivity index (χ0v) is 14.2. The van der Waals surface area contributed by atoms with E-state index in [9.17, 15) is 0 Å². The van der Waals surface area contributed by atoms with Gasteiger partial charge >= 0.3 is 0 Å². The van der Waals surface area contributed by atoms with Gasteiger partial charge in [0.15, 0.2) is 0 Å². The van der Waals surface area contributed by atoms with Crippen molar-refractivity contribution in [2.45, 2.75) is 44.2 Å². The van der Waals surface area contributed by atoms with Crippen LogP contribution in [0.3, 0.4) is 0 Å². The Morgan fingerprint density at radius 2 is 2.00 bits per heavy atom. The first-order valence-corrected chi connectivity index (χ1v) is 8.50. The van der Waals surface area contributed by atoms with Crippen LogP contribution < -0.4 is 5.73 Å². The zero-order chi connectivity index (χ0) is 14.8. The summed E-state index contributed by atoms with van der Waals surface area (Å²) in [7, 11) is 6.65. The van der Waals surface area contributed by atoms with Gasteiger partial charge in [-0.3, -0.25) is 4.90 Å². The summed E-state index contributed by atoms with van der Waals surface area (Å²) in [5, 5.41) is 0. The second-order valence-electron chi connectivity index (χ2n) is 6.30. The summed E-state index contributed by atoms with van der Waals surface area (Å²) in [6.45, 7) is 4.02. The Kier molecular flexibility index (Phi) is 5.24. The molecule has 2 N–H and O–H groups in total. The molecule has 1 unspecified atom stereocenters. The maximum absolute atomic E-state index is 6.06. The van der Waals surface area contributed by atoms with Gasteiger partial charge in [-0.1, -0.05) is 6.92 Å². The number of nitrogens with zero attached hydrogens (tertiary/aromatic N) is 2. The first-order chi connectivity index (χ1) is 9.52. The molecule has 1 fully saturated rings. The molecule has 0 radical (unpaired) electrons. The molecule has 4 heteroatoms. The number of hydrogen-bond donors (Lipinski definition) is 1. The fourth-order valence-corrected chi connectivity index (χ4v) is 4.31. The van der Waals surface area contributed by atoms with E-state index < -0.39 is 0 Å². The molecule has 0 saturated heterocycles. The average Bonchev–Trinajstić information content (AvgIpc) is 2.83. The normalized spacial score (nSPS) is 19.4. The van der Waals surface area contributed by atoms with Gasteiger partial charge in [-0.05, 0) is 59.0 Å². The topological polar surface area (TPSA) is 32.5 Å². The molecule has 0 spiro atoms. The molecule has 1 aromatic heterocycles. The minimum atomic E-state index is 0.359. The van der Waals surface area contributed by atoms with Crippen molar-refractivity contribution in [3.63, 3.8) is 0 Å². The Morgan fingerprint density at radius 3 is 2.40 bits per heavy atom. The van der Waals surface area contributed by atoms with Crippen LogP contribution in [-0.2, 0) is 6.42 Å². The van der Waals surface area contributed by atoms with E-state index in [4.69, 9.17) is 5.73 Å². The van der Waals surface area contributed by atoms with Crippen LogP contribution in [0, 0.1) is 0 Å². The Balaban J connectivity index is 2.07. The van der Waals surface area contributed by atoms with Crippen molar-refractivity contribution < 1.29 is 0 Å². The van der Waals surface area contributed by atoms with E-state index in [-0.39, 0.29) is 0 Å². The summed E-state index contributed by atoms with van der Waals surface area (Å²) >= 11 is 1.92. The Morgan fingerprint density at radius 1 is 1.30 bits per heavy atom. The summed E-state index contributed by atoms with van der Waals surface area (Å²) in [5.41, 5.74) is 6.43. The maximum atomic E-state index is 6.06. The summed E-state index contributed by atoms with van der Waals surface area (Å²) in [5.74, 6) is 0. The third kappa shape index (κ3) is 3.08. The first kappa shape index (κ1) is 16.0. The molecule has 1 saturated carbocycles. The summed E-state index contributed by atoms with van der Waals surface area (Å²) in [6.07, 6.45) is 5.10. The number of hydrogen-bond acceptors (Lipinski definition) is 4. The SMILES string of the molecule is CCc1ccc(C(CN)N(C)CC2(N(C)C)CCC2)s1. The lowest BCUT2D eigenvalue weighted by Gasteiger charge is -2.50. The third-order valence-electron chi connectivity index (χ3n) is 4.89. The number of likely N-dealkylation sites (N-methyl/N-ethyl adjacent to an activating group) is 2. The van der Waals surface area contributed by atoms with Gasteiger partial charge < -0.3 is 10.6 Å². The molecule has 2 rings (SSSR count). The van der Waals surface area contributed by atoms with Crippen molar-refractivity contribution in [1.29, 1.82) is 0 Å². The minimum absolute atomic E-state index is 0.359. The van der Waals surface area contributed by atoms with E-state index in [2.05, 4.69) is 50.0 Å². The summed E-state index contributed by atoms with van der Waals surface area (Å²) in [6, 6.07) is 4.88. The monoisotopic (exact) mass is 295 g/mol. The van der Waals surface area contributed by atoms with E-state index in [1.165, 1.54) is 29.0 Å². The molecule has 1 heterocycles. The van der Waals surface area contributed by atoms with Gasteiger partial charge in [-0.15, -0.1) is 11.3 Å². The van der Waals surface area contributed by atoms with Crippen molar-refractivity contribution in [2.24, 2.45) is 5.73 Å². The molecule has 20 heavy (non-hydrogen) atoms. The standard InChI is InChI=1S/C16H29N3S/c1-5-13-7-8-15(20-13)14(11-17)19(4)12-16(18(2)3)9-6-10-16/h7-8,14H,5-6,9-12,17H2,1-4H3. The van der Waals surface area contributed by atoms with Crippen LogP contribution in [0.2, 0.25) is 0 Å². The van der Waals surface area contributed by atoms with Gasteiger partial charge in [0, 0.05) is 28.4 Å². The number of nitrogens with two attached hydrogens (primary N) is 1. The van der Waals surface area contributed by atoms with Gasteiger partial charge in [-0.25, -0.2) is 0 Å². The lowest BCUT2D eigenvalue weighted by atomic mass is 9.75. The largest absolute Gasteiger partial charge is 0.329 e. The van der Waals surface area contributed by atoms with E-state index in [1.807, 2.05) is 11.3 Å². The summed E-state index contributed by atoms with van der Waals surface area (Å²) in [4.78, 5) is 7.74. The second-order valence-corrected chi connectivity index (χ2v) is 7.50. The molecular formula is C16H29N3S. The van der Waals surface area contributed by atoms with Gasteiger partial charge in [-0.2, -0.15) is 0 Å². The highest BCUT2D eigenvalue weighted by molar-refractivity contribution is 7.12. The van der Waals surface area contributed by atoms with Crippen molar-refractivity contribution in [2.75, 3.05) is 34.2 Å². The Hall–Kier alpha value is -0.420. The molecule has 1 aliphatic rings. The molecular weight excluding hydrogens is 266 g/mol. The highest BCUT2D eigenvalue weighted by Crippen LogP contribution is 2.38. The molecule has 1 aromatic rings. The van der Waals surface area contributed by atoms with Crippen LogP contribution in [0.25, 0.3) is 0 Å². The van der Waals surface area contributed by atoms with E-state index in [1.54, 1.807) is 0 Å². The van der Waals surface area contributed by atoms with Gasteiger partial charge in [0.05, 0.1) is 6.04 Å². The number of thiophene rings is 1. The lowest BCUT2D eigenvalue weighted by Crippen LogP contribution is -2.57. The molecule has 0 amide bonds. The Labute approximate surface area is 127 Å². The predicted molar refractivity (Wildman–Crippen MR) is 88.4 cm³/mol. The first-order valence-electron chi connectivity index (χ1n) is 7.69. The van der Waals surface area contributed by atoms with E-state index >= 15 is 0 Å². The summed E-state index contributed by atoms with van der Waals surface area (Å²) < 4.78 is 0. The fraction of sp³-hybridized carbons (Fsp3) is 0.750. The van der Waals surface area contributed by atoms with Crippen molar-refractivity contribution in [1.82, 2.24) is 9.80 Å². The molecule has 3 nitrogen and oxygen atoms in total. The van der Waals surface area contributed by atoms with Gasteiger partial charge in [0.2, 0.25) is 0 Å². The number of rotatable bonds is 7. The van der Waals surface area contributed by atoms with Crippen LogP contribution in [-0.4, -0.2) is 49.6 Å². The minimum Gasteiger partial charge on any atom is -0.329 e. The smallest absolute Gasteiger partial charge is 0.0562 e. The maximum Gasteiger partial charge on any atom is 0.0562 e. The molecule has 0 bridgehead atoms. The average molecular weight is 295 g/mol. The van der Waals surface area contributed by atoms with Crippen molar-refractivity contribution in [3.8, 4) is 0 Å². The molecule has 114 valence electrons. The number of aryl methyl sites for hydroxylation is 1. The Bertz CT molecular complexity index is 423. The molecule has 1 atom stereocenters. The predicted octanol–water partition coefficient (Wildman–Crippen LogP) is 2.73. The van der Waals surface area contributed by atoms with E-state index in [0.717, 1.165) is 13.0 Å². The third-order valence-corrected chi connectivity index (χ3v) is 6.22. The lowest BCUT2D eigenvalue weighted by molar-refractivity contribution is 0.0172. The second kappa shape index (κ2) is 6.56. The van der Waals surface area contributed by atoms with Crippen LogP contribution in [0.1, 0.15) is 42.0 Å². The van der Waals surface area contributed by atoms with Crippen molar-refractivity contribution >= 4 is 11.3 Å². The fourth-order valence-electron chi connectivity index (χ4n) is 3.18. The zero-order valence-electron chi connectivity index (χ0n) is 13.4. The van der Waals surface area contributed by atoms with Gasteiger partial charge in [0.1, 0.15) is 0 Å². The highest BCUT2D eigenvalue weighted by Gasteiger charge is 2.40. The van der Waals surface area contributed by atoms with Gasteiger partial charge in [0.25, 0.3) is 0 Å². The van der Waals surface area contributed by atoms with Crippen LogP contribution in [0.15, 0.2) is 12.1 Å².